The molecule has 1 rings (SSSR count). The molecule has 4 heteroatoms. The maximum absolute atomic E-state index is 12.4. The molecule has 0 aliphatic carbocycles. The van der Waals surface area contributed by atoms with Gasteiger partial charge in [0.1, 0.15) is 0 Å². The normalized spacial score (nSPS) is 13.9. The Labute approximate surface area is 100 Å². The Morgan fingerprint density at radius 1 is 1.24 bits per heavy atom. The Bertz CT molecular complexity index is 328. The van der Waals surface area contributed by atoms with Crippen molar-refractivity contribution in [1.29, 1.82) is 0 Å². The SMILES string of the molecule is CCCCCC(CC)c1coc(C(F)(F)F)c1. The summed E-state index contributed by atoms with van der Waals surface area (Å²) < 4.78 is 41.7. The molecule has 1 nitrogen and oxygen atoms in total. The van der Waals surface area contributed by atoms with Gasteiger partial charge in [-0.3, -0.25) is 0 Å². The highest BCUT2D eigenvalue weighted by atomic mass is 19.4. The van der Waals surface area contributed by atoms with E-state index in [2.05, 4.69) is 11.3 Å². The maximum Gasteiger partial charge on any atom is 0.449 e. The van der Waals surface area contributed by atoms with Gasteiger partial charge in [-0.1, -0.05) is 33.1 Å². The molecule has 0 aromatic carbocycles. The molecule has 1 aromatic rings. The van der Waals surface area contributed by atoms with Crippen molar-refractivity contribution in [3.05, 3.63) is 23.7 Å². The summed E-state index contributed by atoms with van der Waals surface area (Å²) in [6, 6.07) is 1.14. The van der Waals surface area contributed by atoms with Crippen LogP contribution in [0, 0.1) is 0 Å². The van der Waals surface area contributed by atoms with E-state index in [1.807, 2.05) is 6.92 Å². The molecule has 0 aliphatic heterocycles. The van der Waals surface area contributed by atoms with E-state index < -0.39 is 11.9 Å². The number of rotatable bonds is 6. The van der Waals surface area contributed by atoms with E-state index in [0.717, 1.165) is 38.2 Å². The highest BCUT2D eigenvalue weighted by molar-refractivity contribution is 5.19. The van der Waals surface area contributed by atoms with Gasteiger partial charge in [0, 0.05) is 0 Å². The van der Waals surface area contributed by atoms with Crippen molar-refractivity contribution in [2.45, 2.75) is 58.0 Å². The first-order valence-corrected chi connectivity index (χ1v) is 6.14. The van der Waals surface area contributed by atoms with Crippen LogP contribution in [0.2, 0.25) is 0 Å². The fraction of sp³-hybridized carbons (Fsp3) is 0.692. The number of furan rings is 1. The number of halogens is 3. The Balaban J connectivity index is 2.66. The van der Waals surface area contributed by atoms with E-state index >= 15 is 0 Å². The summed E-state index contributed by atoms with van der Waals surface area (Å²) in [7, 11) is 0. The van der Waals surface area contributed by atoms with Gasteiger partial charge < -0.3 is 4.42 Å². The summed E-state index contributed by atoms with van der Waals surface area (Å²) >= 11 is 0. The zero-order chi connectivity index (χ0) is 12.9. The number of hydrogen-bond acceptors (Lipinski definition) is 1. The van der Waals surface area contributed by atoms with Crippen LogP contribution in [0.3, 0.4) is 0 Å². The lowest BCUT2D eigenvalue weighted by Crippen LogP contribution is -2.02. The summed E-state index contributed by atoms with van der Waals surface area (Å²) in [6.07, 6.45) is 1.96. The molecule has 1 aromatic heterocycles. The quantitative estimate of drug-likeness (QED) is 0.616. The van der Waals surface area contributed by atoms with E-state index in [4.69, 9.17) is 0 Å². The van der Waals surface area contributed by atoms with E-state index in [1.54, 1.807) is 0 Å². The number of alkyl halides is 3. The van der Waals surface area contributed by atoms with Crippen molar-refractivity contribution >= 4 is 0 Å². The smallest absolute Gasteiger partial charge is 0.449 e. The first kappa shape index (κ1) is 14.1. The molecular weight excluding hydrogens is 229 g/mol. The van der Waals surface area contributed by atoms with Crippen LogP contribution >= 0.6 is 0 Å². The molecule has 98 valence electrons. The minimum absolute atomic E-state index is 0.182. The van der Waals surface area contributed by atoms with Crippen LogP contribution in [0.5, 0.6) is 0 Å². The Morgan fingerprint density at radius 2 is 1.94 bits per heavy atom. The Morgan fingerprint density at radius 3 is 2.41 bits per heavy atom. The second-order valence-corrected chi connectivity index (χ2v) is 4.34. The predicted octanol–water partition coefficient (Wildman–Crippen LogP) is 5.37. The maximum atomic E-state index is 12.4. The molecule has 0 radical (unpaired) electrons. The molecular formula is C13H19F3O. The molecule has 1 unspecified atom stereocenters. The van der Waals surface area contributed by atoms with Crippen molar-refractivity contribution in [3.8, 4) is 0 Å². The summed E-state index contributed by atoms with van der Waals surface area (Å²) in [5, 5.41) is 0. The third-order valence-electron chi connectivity index (χ3n) is 3.02. The van der Waals surface area contributed by atoms with Crippen LogP contribution in [0.25, 0.3) is 0 Å². The topological polar surface area (TPSA) is 13.1 Å². The predicted molar refractivity (Wildman–Crippen MR) is 60.9 cm³/mol. The van der Waals surface area contributed by atoms with Crippen molar-refractivity contribution in [2.75, 3.05) is 0 Å². The van der Waals surface area contributed by atoms with Crippen molar-refractivity contribution < 1.29 is 17.6 Å². The second-order valence-electron chi connectivity index (χ2n) is 4.34. The average Bonchev–Trinajstić information content (AvgIpc) is 2.73. The summed E-state index contributed by atoms with van der Waals surface area (Å²) in [5.41, 5.74) is 0.677. The van der Waals surface area contributed by atoms with E-state index in [0.29, 0.717) is 5.56 Å². The van der Waals surface area contributed by atoms with Crippen LogP contribution in [0.4, 0.5) is 13.2 Å². The van der Waals surface area contributed by atoms with Gasteiger partial charge in [-0.15, -0.1) is 0 Å². The lowest BCUT2D eigenvalue weighted by molar-refractivity contribution is -0.153. The highest BCUT2D eigenvalue weighted by Gasteiger charge is 2.35. The van der Waals surface area contributed by atoms with Crippen LogP contribution in [0.1, 0.15) is 63.2 Å². The van der Waals surface area contributed by atoms with Crippen molar-refractivity contribution in [2.24, 2.45) is 0 Å². The Kier molecular flexibility index (Phi) is 5.09. The fourth-order valence-electron chi connectivity index (χ4n) is 1.96. The largest absolute Gasteiger partial charge is 0.459 e. The van der Waals surface area contributed by atoms with Crippen LogP contribution < -0.4 is 0 Å². The van der Waals surface area contributed by atoms with Gasteiger partial charge >= 0.3 is 6.18 Å². The van der Waals surface area contributed by atoms with Gasteiger partial charge in [-0.25, -0.2) is 0 Å². The zero-order valence-corrected chi connectivity index (χ0v) is 10.3. The molecule has 0 bridgehead atoms. The Hall–Kier alpha value is -0.930. The van der Waals surface area contributed by atoms with Gasteiger partial charge in [0.05, 0.1) is 6.26 Å². The van der Waals surface area contributed by atoms with E-state index in [9.17, 15) is 13.2 Å². The summed E-state index contributed by atoms with van der Waals surface area (Å²) in [4.78, 5) is 0. The second kappa shape index (κ2) is 6.12. The lowest BCUT2D eigenvalue weighted by Gasteiger charge is -2.11. The number of unbranched alkanes of at least 4 members (excludes halogenated alkanes) is 2. The first-order chi connectivity index (χ1) is 7.99. The third-order valence-corrected chi connectivity index (χ3v) is 3.02. The van der Waals surface area contributed by atoms with Crippen LogP contribution in [0.15, 0.2) is 16.7 Å². The summed E-state index contributed by atoms with van der Waals surface area (Å²) in [5.74, 6) is -0.706. The van der Waals surface area contributed by atoms with E-state index in [-0.39, 0.29) is 5.92 Å². The minimum atomic E-state index is -4.38. The van der Waals surface area contributed by atoms with Gasteiger partial charge in [0.2, 0.25) is 5.76 Å². The molecule has 0 saturated carbocycles. The number of hydrogen-bond donors (Lipinski definition) is 0. The molecule has 0 aliphatic rings. The van der Waals surface area contributed by atoms with Gasteiger partial charge in [-0.05, 0) is 30.4 Å². The summed E-state index contributed by atoms with van der Waals surface area (Å²) in [6.45, 7) is 4.11. The van der Waals surface area contributed by atoms with Gasteiger partial charge in [0.25, 0.3) is 0 Å². The molecule has 0 saturated heterocycles. The van der Waals surface area contributed by atoms with Crippen LogP contribution in [-0.4, -0.2) is 0 Å². The molecule has 1 atom stereocenters. The average molecular weight is 248 g/mol. The highest BCUT2D eigenvalue weighted by Crippen LogP contribution is 2.34. The van der Waals surface area contributed by atoms with Crippen molar-refractivity contribution in [1.82, 2.24) is 0 Å². The van der Waals surface area contributed by atoms with E-state index in [1.165, 1.54) is 6.26 Å². The van der Waals surface area contributed by atoms with Crippen molar-refractivity contribution in [3.63, 3.8) is 0 Å². The standard InChI is InChI=1S/C13H19F3O/c1-3-5-6-7-10(4-2)11-8-12(17-9-11)13(14,15)16/h8-10H,3-7H2,1-2H3. The van der Waals surface area contributed by atoms with Gasteiger partial charge in [-0.2, -0.15) is 13.2 Å². The first-order valence-electron chi connectivity index (χ1n) is 6.14. The molecule has 17 heavy (non-hydrogen) atoms. The zero-order valence-electron chi connectivity index (χ0n) is 10.3. The lowest BCUT2D eigenvalue weighted by atomic mass is 9.93. The molecule has 0 N–H and O–H groups in total. The molecule has 0 amide bonds. The minimum Gasteiger partial charge on any atom is -0.459 e. The molecule has 0 fully saturated rings. The van der Waals surface area contributed by atoms with Crippen LogP contribution in [-0.2, 0) is 6.18 Å². The fourth-order valence-corrected chi connectivity index (χ4v) is 1.96. The third kappa shape index (κ3) is 4.10. The monoisotopic (exact) mass is 248 g/mol. The van der Waals surface area contributed by atoms with Gasteiger partial charge in [0.15, 0.2) is 0 Å². The molecule has 0 spiro atoms. The molecule has 1 heterocycles.